The molecule has 0 saturated heterocycles. The standard InChI is InChI=1S/C11H9N5O3S/c12-10-8(5-14-11(20)15-10)13-4-6-3-7(16(18)19)1-2-9(6)17/h1-5,17H,(H3,12,14,15,20). The number of benzene rings is 1. The van der Waals surface area contributed by atoms with Crippen molar-refractivity contribution in [2.45, 2.75) is 0 Å². The predicted octanol–water partition coefficient (Wildman–Crippen LogP) is 2.09. The van der Waals surface area contributed by atoms with Gasteiger partial charge < -0.3 is 15.8 Å². The first kappa shape index (κ1) is 13.6. The lowest BCUT2D eigenvalue weighted by Gasteiger charge is -2.00. The molecule has 1 aromatic carbocycles. The van der Waals surface area contributed by atoms with Crippen LogP contribution in [0, 0.1) is 14.9 Å². The van der Waals surface area contributed by atoms with Crippen LogP contribution in [-0.4, -0.2) is 26.2 Å². The van der Waals surface area contributed by atoms with Gasteiger partial charge in [-0.1, -0.05) is 0 Å². The van der Waals surface area contributed by atoms with Crippen LogP contribution in [0.25, 0.3) is 0 Å². The highest BCUT2D eigenvalue weighted by molar-refractivity contribution is 7.71. The average Bonchev–Trinajstić information content (AvgIpc) is 2.39. The van der Waals surface area contributed by atoms with E-state index >= 15 is 0 Å². The van der Waals surface area contributed by atoms with Crippen molar-refractivity contribution >= 4 is 35.6 Å². The maximum Gasteiger partial charge on any atom is 0.270 e. The number of aromatic hydroxyl groups is 1. The molecule has 8 nitrogen and oxygen atoms in total. The van der Waals surface area contributed by atoms with Crippen LogP contribution in [0.3, 0.4) is 0 Å². The molecule has 0 radical (unpaired) electrons. The topological polar surface area (TPSA) is 130 Å². The Morgan fingerprint density at radius 1 is 1.55 bits per heavy atom. The summed E-state index contributed by atoms with van der Waals surface area (Å²) >= 11 is 4.79. The summed E-state index contributed by atoms with van der Waals surface area (Å²) in [6.07, 6.45) is 2.62. The maximum absolute atomic E-state index is 10.7. The average molecular weight is 291 g/mol. The number of nitrogens with zero attached hydrogens (tertiary/aromatic N) is 3. The number of rotatable bonds is 3. The van der Waals surface area contributed by atoms with Gasteiger partial charge in [0.25, 0.3) is 5.69 Å². The summed E-state index contributed by atoms with van der Waals surface area (Å²) in [7, 11) is 0. The first-order valence-corrected chi connectivity index (χ1v) is 5.74. The molecule has 0 saturated carbocycles. The normalized spacial score (nSPS) is 10.8. The summed E-state index contributed by atoms with van der Waals surface area (Å²) in [5, 5.41) is 20.3. The number of nitrogens with one attached hydrogen (secondary N) is 1. The number of aromatic nitrogens is 2. The van der Waals surface area contributed by atoms with Gasteiger partial charge in [-0.3, -0.25) is 15.1 Å². The molecule has 20 heavy (non-hydrogen) atoms. The highest BCUT2D eigenvalue weighted by atomic mass is 32.1. The van der Waals surface area contributed by atoms with E-state index in [1.54, 1.807) is 0 Å². The Morgan fingerprint density at radius 3 is 2.95 bits per heavy atom. The van der Waals surface area contributed by atoms with Crippen molar-refractivity contribution in [3.8, 4) is 5.75 Å². The molecule has 0 fully saturated rings. The van der Waals surface area contributed by atoms with Gasteiger partial charge in [0.2, 0.25) is 0 Å². The van der Waals surface area contributed by atoms with Gasteiger partial charge in [-0.05, 0) is 18.3 Å². The number of non-ortho nitro benzene ring substituents is 1. The van der Waals surface area contributed by atoms with Crippen molar-refractivity contribution in [1.29, 1.82) is 0 Å². The molecule has 0 spiro atoms. The predicted molar refractivity (Wildman–Crippen MR) is 75.8 cm³/mol. The Kier molecular flexibility index (Phi) is 3.71. The Morgan fingerprint density at radius 2 is 2.30 bits per heavy atom. The summed E-state index contributed by atoms with van der Waals surface area (Å²) in [5.74, 6) is 0.0842. The Balaban J connectivity index is 2.38. The Bertz CT molecular complexity index is 756. The van der Waals surface area contributed by atoms with Crippen molar-refractivity contribution in [2.75, 3.05) is 5.73 Å². The largest absolute Gasteiger partial charge is 0.507 e. The number of H-pyrrole nitrogens is 1. The van der Waals surface area contributed by atoms with Gasteiger partial charge in [0.15, 0.2) is 4.77 Å². The first-order valence-electron chi connectivity index (χ1n) is 5.33. The number of aliphatic imine (C=N–C) groups is 1. The lowest BCUT2D eigenvalue weighted by molar-refractivity contribution is -0.384. The van der Waals surface area contributed by atoms with E-state index < -0.39 is 4.92 Å². The van der Waals surface area contributed by atoms with E-state index in [0.29, 0.717) is 5.69 Å². The molecule has 0 amide bonds. The highest BCUT2D eigenvalue weighted by Gasteiger charge is 2.08. The van der Waals surface area contributed by atoms with Crippen LogP contribution in [0.4, 0.5) is 17.2 Å². The van der Waals surface area contributed by atoms with Gasteiger partial charge in [0.05, 0.1) is 11.1 Å². The highest BCUT2D eigenvalue weighted by Crippen LogP contribution is 2.23. The fourth-order valence-corrected chi connectivity index (χ4v) is 1.56. The molecule has 4 N–H and O–H groups in total. The number of hydrogen-bond acceptors (Lipinski definition) is 7. The zero-order valence-corrected chi connectivity index (χ0v) is 10.8. The summed E-state index contributed by atoms with van der Waals surface area (Å²) in [4.78, 5) is 20.5. The lowest BCUT2D eigenvalue weighted by Crippen LogP contribution is -1.93. The molecule has 0 atom stereocenters. The smallest absolute Gasteiger partial charge is 0.270 e. The van der Waals surface area contributed by atoms with Crippen LogP contribution >= 0.6 is 12.2 Å². The van der Waals surface area contributed by atoms with Gasteiger partial charge in [-0.25, -0.2) is 4.98 Å². The third kappa shape index (κ3) is 2.95. The third-order valence-electron chi connectivity index (χ3n) is 2.39. The molecule has 102 valence electrons. The molecule has 0 aliphatic rings. The van der Waals surface area contributed by atoms with Gasteiger partial charge in [-0.2, -0.15) is 0 Å². The number of hydrogen-bond donors (Lipinski definition) is 3. The van der Waals surface area contributed by atoms with Crippen molar-refractivity contribution in [3.63, 3.8) is 0 Å². The van der Waals surface area contributed by atoms with Crippen molar-refractivity contribution in [2.24, 2.45) is 4.99 Å². The van der Waals surface area contributed by atoms with Gasteiger partial charge in [0.1, 0.15) is 17.3 Å². The van der Waals surface area contributed by atoms with E-state index in [0.717, 1.165) is 0 Å². The van der Waals surface area contributed by atoms with Gasteiger partial charge in [-0.15, -0.1) is 0 Å². The molecular formula is C11H9N5O3S. The van der Waals surface area contributed by atoms with E-state index in [1.807, 2.05) is 0 Å². The van der Waals surface area contributed by atoms with Gasteiger partial charge in [0, 0.05) is 23.9 Å². The van der Waals surface area contributed by atoms with Crippen LogP contribution in [0.5, 0.6) is 5.75 Å². The summed E-state index contributed by atoms with van der Waals surface area (Å²) < 4.78 is 0.222. The van der Waals surface area contributed by atoms with Crippen LogP contribution in [0.1, 0.15) is 5.56 Å². The minimum Gasteiger partial charge on any atom is -0.507 e. The second kappa shape index (κ2) is 5.45. The van der Waals surface area contributed by atoms with E-state index in [4.69, 9.17) is 18.0 Å². The fraction of sp³-hybridized carbons (Fsp3) is 0. The van der Waals surface area contributed by atoms with E-state index in [9.17, 15) is 15.2 Å². The summed E-state index contributed by atoms with van der Waals surface area (Å²) in [6, 6.07) is 3.62. The van der Waals surface area contributed by atoms with Gasteiger partial charge >= 0.3 is 0 Å². The second-order valence-electron chi connectivity index (χ2n) is 3.75. The second-order valence-corrected chi connectivity index (χ2v) is 4.13. The van der Waals surface area contributed by atoms with Crippen LogP contribution in [0.2, 0.25) is 0 Å². The Labute approximate surface area is 117 Å². The quantitative estimate of drug-likeness (QED) is 0.343. The summed E-state index contributed by atoms with van der Waals surface area (Å²) in [6.45, 7) is 0. The monoisotopic (exact) mass is 291 g/mol. The molecule has 2 rings (SSSR count). The summed E-state index contributed by atoms with van der Waals surface area (Å²) in [5.41, 5.74) is 6.01. The maximum atomic E-state index is 10.7. The molecule has 0 aliphatic heterocycles. The SMILES string of the molecule is Nc1[nH]c(=S)ncc1N=Cc1cc([N+](=O)[O-])ccc1O. The molecule has 1 aromatic heterocycles. The number of nitro groups is 1. The number of phenols is 1. The van der Waals surface area contributed by atoms with Crippen molar-refractivity contribution in [1.82, 2.24) is 9.97 Å². The Hall–Kier alpha value is -2.81. The van der Waals surface area contributed by atoms with Crippen LogP contribution in [0.15, 0.2) is 29.4 Å². The third-order valence-corrected chi connectivity index (χ3v) is 2.59. The zero-order valence-electron chi connectivity index (χ0n) is 9.98. The number of nitro benzene ring substituents is 1. The first-order chi connectivity index (χ1) is 9.47. The number of phenolic OH excluding ortho intramolecular Hbond substituents is 1. The molecule has 1 heterocycles. The van der Waals surface area contributed by atoms with Crippen LogP contribution < -0.4 is 5.73 Å². The lowest BCUT2D eigenvalue weighted by atomic mass is 10.2. The van der Waals surface area contributed by atoms with Crippen molar-refractivity contribution < 1.29 is 10.0 Å². The number of aromatic amines is 1. The minimum absolute atomic E-state index is 0.130. The van der Waals surface area contributed by atoms with E-state index in [-0.39, 0.29) is 27.6 Å². The molecule has 9 heteroatoms. The molecule has 0 unspecified atom stereocenters. The molecule has 0 aliphatic carbocycles. The molecular weight excluding hydrogens is 282 g/mol. The number of anilines is 1. The number of nitrogens with two attached hydrogens (primary N) is 1. The van der Waals surface area contributed by atoms with E-state index in [1.165, 1.54) is 30.6 Å². The molecule has 2 aromatic rings. The van der Waals surface area contributed by atoms with Crippen LogP contribution in [-0.2, 0) is 0 Å². The zero-order chi connectivity index (χ0) is 14.7. The molecule has 0 bridgehead atoms. The fourth-order valence-electron chi connectivity index (χ4n) is 1.40. The minimum atomic E-state index is -0.563. The van der Waals surface area contributed by atoms with E-state index in [2.05, 4.69) is 15.0 Å². The number of nitrogen functional groups attached to an aromatic ring is 1. The van der Waals surface area contributed by atoms with Crippen molar-refractivity contribution in [3.05, 3.63) is 44.8 Å².